The van der Waals surface area contributed by atoms with Gasteiger partial charge in [-0.15, -0.1) is 0 Å². The molecule has 1 aromatic carbocycles. The topological polar surface area (TPSA) is 47.6 Å². The smallest absolute Gasteiger partial charge is 0.420 e. The molecule has 7 heteroatoms. The molecule has 0 saturated heterocycles. The summed E-state index contributed by atoms with van der Waals surface area (Å²) >= 11 is 0. The number of benzene rings is 1. The standard InChI is InChI=1S/C17H22F3NO3/c1-11-6-8-16(24-3,9-7-11)15(22)21-12-4-5-14(23-2)13(10-12)17(18,19)20/h4-5,10-11H,6-9H2,1-3H3,(H,21,22). The summed E-state index contributed by atoms with van der Waals surface area (Å²) in [7, 11) is 2.64. The van der Waals surface area contributed by atoms with Crippen molar-refractivity contribution in [3.8, 4) is 5.75 Å². The first kappa shape index (κ1) is 18.6. The predicted molar refractivity (Wildman–Crippen MR) is 84.0 cm³/mol. The SMILES string of the molecule is COc1ccc(NC(=O)C2(OC)CCC(C)CC2)cc1C(F)(F)F. The average Bonchev–Trinajstić information content (AvgIpc) is 2.55. The Morgan fingerprint density at radius 1 is 1.25 bits per heavy atom. The number of nitrogens with one attached hydrogen (secondary N) is 1. The van der Waals surface area contributed by atoms with E-state index in [9.17, 15) is 18.0 Å². The van der Waals surface area contributed by atoms with Gasteiger partial charge in [0.05, 0.1) is 12.7 Å². The summed E-state index contributed by atoms with van der Waals surface area (Å²) in [6.45, 7) is 2.11. The molecule has 0 bridgehead atoms. The van der Waals surface area contributed by atoms with Gasteiger partial charge in [-0.25, -0.2) is 0 Å². The third-order valence-electron chi connectivity index (χ3n) is 4.65. The van der Waals surface area contributed by atoms with Gasteiger partial charge in [0.15, 0.2) is 0 Å². The first-order valence-corrected chi connectivity index (χ1v) is 7.83. The molecule has 1 aliphatic rings. The summed E-state index contributed by atoms with van der Waals surface area (Å²) in [5, 5.41) is 2.56. The van der Waals surface area contributed by atoms with Crippen LogP contribution in [0.25, 0.3) is 0 Å². The number of hydrogen-bond acceptors (Lipinski definition) is 3. The van der Waals surface area contributed by atoms with Gasteiger partial charge in [-0.1, -0.05) is 6.92 Å². The summed E-state index contributed by atoms with van der Waals surface area (Å²) in [5.41, 5.74) is -1.83. The number of alkyl halides is 3. The van der Waals surface area contributed by atoms with Crippen LogP contribution in [-0.2, 0) is 15.7 Å². The fraction of sp³-hybridized carbons (Fsp3) is 0.588. The van der Waals surface area contributed by atoms with Crippen molar-refractivity contribution in [2.75, 3.05) is 19.5 Å². The van der Waals surface area contributed by atoms with Crippen LogP contribution in [0.5, 0.6) is 5.75 Å². The molecule has 0 aliphatic heterocycles. The lowest BCUT2D eigenvalue weighted by Crippen LogP contribution is -2.47. The number of hydrogen-bond donors (Lipinski definition) is 1. The van der Waals surface area contributed by atoms with Crippen LogP contribution < -0.4 is 10.1 Å². The molecule has 1 saturated carbocycles. The number of anilines is 1. The molecular formula is C17H22F3NO3. The summed E-state index contributed by atoms with van der Waals surface area (Å²) in [4.78, 5) is 12.6. The minimum absolute atomic E-state index is 0.0724. The van der Waals surface area contributed by atoms with Crippen molar-refractivity contribution in [2.45, 2.75) is 44.4 Å². The second kappa shape index (κ2) is 7.01. The van der Waals surface area contributed by atoms with E-state index in [1.54, 1.807) is 0 Å². The van der Waals surface area contributed by atoms with E-state index in [0.29, 0.717) is 18.8 Å². The maximum atomic E-state index is 13.1. The van der Waals surface area contributed by atoms with E-state index in [-0.39, 0.29) is 11.4 Å². The van der Waals surface area contributed by atoms with Gasteiger partial charge in [0, 0.05) is 12.8 Å². The maximum absolute atomic E-state index is 13.1. The molecule has 0 radical (unpaired) electrons. The third kappa shape index (κ3) is 3.83. The molecule has 1 aromatic rings. The summed E-state index contributed by atoms with van der Waals surface area (Å²) in [6, 6.07) is 3.47. The monoisotopic (exact) mass is 345 g/mol. The zero-order valence-electron chi connectivity index (χ0n) is 14.0. The van der Waals surface area contributed by atoms with Crippen LogP contribution >= 0.6 is 0 Å². The minimum Gasteiger partial charge on any atom is -0.496 e. The van der Waals surface area contributed by atoms with Crippen LogP contribution in [0, 0.1) is 5.92 Å². The van der Waals surface area contributed by atoms with Crippen molar-refractivity contribution in [3.05, 3.63) is 23.8 Å². The molecule has 0 heterocycles. The van der Waals surface area contributed by atoms with Crippen LogP contribution in [0.15, 0.2) is 18.2 Å². The van der Waals surface area contributed by atoms with E-state index < -0.39 is 23.2 Å². The zero-order valence-corrected chi connectivity index (χ0v) is 14.0. The van der Waals surface area contributed by atoms with Crippen LogP contribution in [0.3, 0.4) is 0 Å². The van der Waals surface area contributed by atoms with Crippen molar-refractivity contribution in [1.29, 1.82) is 0 Å². The predicted octanol–water partition coefficient (Wildman–Crippen LogP) is 4.25. The Hall–Kier alpha value is -1.76. The Balaban J connectivity index is 2.22. The normalized spacial score (nSPS) is 24.5. The van der Waals surface area contributed by atoms with Crippen molar-refractivity contribution in [2.24, 2.45) is 5.92 Å². The lowest BCUT2D eigenvalue weighted by molar-refractivity contribution is -0.143. The molecule has 1 aliphatic carbocycles. The Labute approximate surface area is 139 Å². The molecule has 4 nitrogen and oxygen atoms in total. The molecule has 1 fully saturated rings. The van der Waals surface area contributed by atoms with Crippen molar-refractivity contribution in [3.63, 3.8) is 0 Å². The molecule has 0 spiro atoms. The van der Waals surface area contributed by atoms with E-state index in [0.717, 1.165) is 18.9 Å². The van der Waals surface area contributed by atoms with Gasteiger partial charge in [0.1, 0.15) is 11.4 Å². The first-order valence-electron chi connectivity index (χ1n) is 7.83. The Morgan fingerprint density at radius 2 is 1.88 bits per heavy atom. The van der Waals surface area contributed by atoms with Gasteiger partial charge >= 0.3 is 6.18 Å². The first-order chi connectivity index (χ1) is 11.2. The lowest BCUT2D eigenvalue weighted by atomic mass is 9.79. The lowest BCUT2D eigenvalue weighted by Gasteiger charge is -2.36. The highest BCUT2D eigenvalue weighted by molar-refractivity contribution is 5.97. The van der Waals surface area contributed by atoms with Crippen LogP contribution in [0.2, 0.25) is 0 Å². The largest absolute Gasteiger partial charge is 0.496 e. The molecular weight excluding hydrogens is 323 g/mol. The third-order valence-corrected chi connectivity index (χ3v) is 4.65. The minimum atomic E-state index is -4.56. The number of ether oxygens (including phenoxy) is 2. The summed E-state index contributed by atoms with van der Waals surface area (Å²) in [6.07, 6.45) is -1.77. The Bertz CT molecular complexity index is 593. The average molecular weight is 345 g/mol. The second-order valence-electron chi connectivity index (χ2n) is 6.25. The van der Waals surface area contributed by atoms with E-state index >= 15 is 0 Å². The number of methoxy groups -OCH3 is 2. The molecule has 134 valence electrons. The number of carbonyl (C=O) groups excluding carboxylic acids is 1. The van der Waals surface area contributed by atoms with E-state index in [1.807, 2.05) is 0 Å². The number of carbonyl (C=O) groups is 1. The van der Waals surface area contributed by atoms with Gasteiger partial charge in [-0.05, 0) is 49.8 Å². The van der Waals surface area contributed by atoms with Crippen LogP contribution in [0.1, 0.15) is 38.2 Å². The fourth-order valence-corrected chi connectivity index (χ4v) is 3.00. The van der Waals surface area contributed by atoms with E-state index in [1.165, 1.54) is 26.4 Å². The van der Waals surface area contributed by atoms with Gasteiger partial charge < -0.3 is 14.8 Å². The molecule has 2 rings (SSSR count). The van der Waals surface area contributed by atoms with Gasteiger partial charge in [-0.3, -0.25) is 4.79 Å². The highest BCUT2D eigenvalue weighted by atomic mass is 19.4. The fourth-order valence-electron chi connectivity index (χ4n) is 3.00. The maximum Gasteiger partial charge on any atom is 0.420 e. The van der Waals surface area contributed by atoms with Crippen molar-refractivity contribution >= 4 is 11.6 Å². The zero-order chi connectivity index (χ0) is 18.0. The highest BCUT2D eigenvalue weighted by Crippen LogP contribution is 2.39. The summed E-state index contributed by atoms with van der Waals surface area (Å²) < 4.78 is 49.4. The van der Waals surface area contributed by atoms with Crippen LogP contribution in [0.4, 0.5) is 18.9 Å². The van der Waals surface area contributed by atoms with Gasteiger partial charge in [0.2, 0.25) is 0 Å². The number of rotatable bonds is 4. The van der Waals surface area contributed by atoms with Crippen molar-refractivity contribution in [1.82, 2.24) is 0 Å². The number of halogens is 3. The number of amides is 1. The quantitative estimate of drug-likeness (QED) is 0.887. The van der Waals surface area contributed by atoms with Crippen molar-refractivity contribution < 1.29 is 27.4 Å². The van der Waals surface area contributed by atoms with Gasteiger partial charge in [-0.2, -0.15) is 13.2 Å². The molecule has 1 amide bonds. The van der Waals surface area contributed by atoms with E-state index in [4.69, 9.17) is 9.47 Å². The van der Waals surface area contributed by atoms with Crippen LogP contribution in [-0.4, -0.2) is 25.7 Å². The second-order valence-corrected chi connectivity index (χ2v) is 6.25. The molecule has 0 atom stereocenters. The Morgan fingerprint density at radius 3 is 2.38 bits per heavy atom. The summed E-state index contributed by atoms with van der Waals surface area (Å²) in [5.74, 6) is -0.178. The molecule has 1 N–H and O–H groups in total. The highest BCUT2D eigenvalue weighted by Gasteiger charge is 2.41. The molecule has 24 heavy (non-hydrogen) atoms. The van der Waals surface area contributed by atoms with E-state index in [2.05, 4.69) is 12.2 Å². The molecule has 0 aromatic heterocycles. The van der Waals surface area contributed by atoms with Gasteiger partial charge in [0.25, 0.3) is 5.91 Å². The molecule has 0 unspecified atom stereocenters. The Kier molecular flexibility index (Phi) is 5.42.